The van der Waals surface area contributed by atoms with Crippen LogP contribution in [0.3, 0.4) is 0 Å². The van der Waals surface area contributed by atoms with Gasteiger partial charge in [0.2, 0.25) is 0 Å². The zero-order valence-corrected chi connectivity index (χ0v) is 9.79. The van der Waals surface area contributed by atoms with Gasteiger partial charge in [-0.3, -0.25) is 4.98 Å². The number of nitrogen functional groups attached to an aromatic ring is 1. The maximum absolute atomic E-state index is 6.16. The van der Waals surface area contributed by atoms with Crippen molar-refractivity contribution in [2.75, 3.05) is 5.73 Å². The molecule has 0 saturated carbocycles. The Kier molecular flexibility index (Phi) is 2.11. The largest absolute Gasteiger partial charge is 0.397 e. The van der Waals surface area contributed by atoms with Gasteiger partial charge in [0.1, 0.15) is 0 Å². The minimum Gasteiger partial charge on any atom is -0.397 e. The number of rotatable bonds is 0. The zero-order chi connectivity index (χ0) is 10.4. The lowest BCUT2D eigenvalue weighted by Crippen LogP contribution is -2.08. The van der Waals surface area contributed by atoms with E-state index in [9.17, 15) is 0 Å². The van der Waals surface area contributed by atoms with E-state index in [4.69, 9.17) is 17.3 Å². The predicted octanol–water partition coefficient (Wildman–Crippen LogP) is 3.41. The molecule has 0 aromatic carbocycles. The van der Waals surface area contributed by atoms with Crippen LogP contribution in [0.4, 0.5) is 5.69 Å². The Labute approximate surface area is 97.1 Å². The van der Waals surface area contributed by atoms with Crippen molar-refractivity contribution in [3.8, 4) is 0 Å². The molecule has 4 heteroatoms. The number of hydrogen-bond acceptors (Lipinski definition) is 3. The van der Waals surface area contributed by atoms with Crippen molar-refractivity contribution < 1.29 is 0 Å². The molecular formula is C11H11ClN2S. The monoisotopic (exact) mass is 238 g/mol. The standard InChI is InChI=1S/C11H11ClN2S/c12-9-5-8-11(15-9)10(13)6-3-1-2-4-7(6)14-8/h5H,1-4H2,(H2,13,14). The number of thiophene rings is 1. The molecule has 15 heavy (non-hydrogen) atoms. The van der Waals surface area contributed by atoms with Gasteiger partial charge in [-0.2, -0.15) is 0 Å². The first-order valence-electron chi connectivity index (χ1n) is 5.12. The van der Waals surface area contributed by atoms with Crippen LogP contribution in [0.15, 0.2) is 6.07 Å². The SMILES string of the molecule is Nc1c2c(nc3cc(Cl)sc13)CCCC2. The molecule has 0 radical (unpaired) electrons. The van der Waals surface area contributed by atoms with Gasteiger partial charge in [0.25, 0.3) is 0 Å². The van der Waals surface area contributed by atoms with Gasteiger partial charge < -0.3 is 5.73 Å². The van der Waals surface area contributed by atoms with Gasteiger partial charge in [0, 0.05) is 5.69 Å². The molecule has 2 aromatic rings. The second-order valence-corrected chi connectivity index (χ2v) is 5.61. The number of nitrogens with zero attached hydrogens (tertiary/aromatic N) is 1. The molecule has 0 amide bonds. The van der Waals surface area contributed by atoms with E-state index >= 15 is 0 Å². The second-order valence-electron chi connectivity index (χ2n) is 3.92. The van der Waals surface area contributed by atoms with Crippen LogP contribution in [0.25, 0.3) is 10.2 Å². The third-order valence-corrected chi connectivity index (χ3v) is 4.23. The quantitative estimate of drug-likeness (QED) is 0.764. The van der Waals surface area contributed by atoms with Crippen LogP contribution in [-0.4, -0.2) is 4.98 Å². The van der Waals surface area contributed by atoms with E-state index in [1.165, 1.54) is 35.4 Å². The van der Waals surface area contributed by atoms with Gasteiger partial charge in [-0.15, -0.1) is 11.3 Å². The van der Waals surface area contributed by atoms with Crippen LogP contribution < -0.4 is 5.73 Å². The van der Waals surface area contributed by atoms with E-state index < -0.39 is 0 Å². The first kappa shape index (κ1) is 9.43. The summed E-state index contributed by atoms with van der Waals surface area (Å²) in [5.74, 6) is 0. The summed E-state index contributed by atoms with van der Waals surface area (Å²) in [7, 11) is 0. The summed E-state index contributed by atoms with van der Waals surface area (Å²) >= 11 is 7.51. The molecule has 0 aliphatic heterocycles. The minimum absolute atomic E-state index is 0.770. The molecular weight excluding hydrogens is 228 g/mol. The first-order chi connectivity index (χ1) is 7.25. The van der Waals surface area contributed by atoms with Gasteiger partial charge in [-0.1, -0.05) is 11.6 Å². The molecule has 2 N–H and O–H groups in total. The highest BCUT2D eigenvalue weighted by molar-refractivity contribution is 7.23. The molecule has 0 bridgehead atoms. The molecule has 1 aliphatic rings. The normalized spacial score (nSPS) is 15.5. The fraction of sp³-hybridized carbons (Fsp3) is 0.364. The summed E-state index contributed by atoms with van der Waals surface area (Å²) in [5.41, 5.74) is 10.5. The fourth-order valence-corrected chi connectivity index (χ4v) is 3.36. The molecule has 0 saturated heterocycles. The van der Waals surface area contributed by atoms with E-state index in [1.54, 1.807) is 0 Å². The number of pyridine rings is 1. The zero-order valence-electron chi connectivity index (χ0n) is 8.22. The molecule has 2 nitrogen and oxygen atoms in total. The molecule has 0 atom stereocenters. The topological polar surface area (TPSA) is 38.9 Å². The average Bonchev–Trinajstić information content (AvgIpc) is 2.59. The Hall–Kier alpha value is -0.800. The van der Waals surface area contributed by atoms with Crippen LogP contribution in [0.2, 0.25) is 4.34 Å². The van der Waals surface area contributed by atoms with E-state index in [2.05, 4.69) is 4.98 Å². The lowest BCUT2D eigenvalue weighted by molar-refractivity contribution is 0.673. The number of aromatic nitrogens is 1. The van der Waals surface area contributed by atoms with Gasteiger partial charge >= 0.3 is 0 Å². The number of halogens is 1. The van der Waals surface area contributed by atoms with E-state index in [0.29, 0.717) is 0 Å². The van der Waals surface area contributed by atoms with Gasteiger partial charge in [-0.25, -0.2) is 0 Å². The van der Waals surface area contributed by atoms with Gasteiger partial charge in [-0.05, 0) is 37.3 Å². The highest BCUT2D eigenvalue weighted by Crippen LogP contribution is 2.37. The van der Waals surface area contributed by atoms with Crippen molar-refractivity contribution in [3.05, 3.63) is 21.7 Å². The van der Waals surface area contributed by atoms with Crippen molar-refractivity contribution in [1.29, 1.82) is 0 Å². The molecule has 1 aliphatic carbocycles. The van der Waals surface area contributed by atoms with Crippen molar-refractivity contribution >= 4 is 38.8 Å². The third-order valence-electron chi connectivity index (χ3n) is 2.95. The van der Waals surface area contributed by atoms with Gasteiger partial charge in [0.15, 0.2) is 0 Å². The Morgan fingerprint density at radius 3 is 3.00 bits per heavy atom. The third kappa shape index (κ3) is 1.42. The van der Waals surface area contributed by atoms with Crippen LogP contribution in [0, 0.1) is 0 Å². The second kappa shape index (κ2) is 3.35. The summed E-state index contributed by atoms with van der Waals surface area (Å²) in [5, 5.41) is 0. The highest BCUT2D eigenvalue weighted by Gasteiger charge is 2.17. The smallest absolute Gasteiger partial charge is 0.0957 e. The number of nitrogens with two attached hydrogens (primary N) is 1. The van der Waals surface area contributed by atoms with Crippen molar-refractivity contribution in [1.82, 2.24) is 4.98 Å². The Balaban J connectivity index is 2.35. The van der Waals surface area contributed by atoms with Crippen LogP contribution in [-0.2, 0) is 12.8 Å². The number of aryl methyl sites for hydroxylation is 1. The van der Waals surface area contributed by atoms with E-state index in [0.717, 1.165) is 33.1 Å². The minimum atomic E-state index is 0.770. The maximum atomic E-state index is 6.16. The fourth-order valence-electron chi connectivity index (χ4n) is 2.21. The number of hydrogen-bond donors (Lipinski definition) is 1. The average molecular weight is 239 g/mol. The Bertz CT molecular complexity index is 533. The van der Waals surface area contributed by atoms with Crippen molar-refractivity contribution in [2.45, 2.75) is 25.7 Å². The maximum Gasteiger partial charge on any atom is 0.0957 e. The van der Waals surface area contributed by atoms with Crippen molar-refractivity contribution in [3.63, 3.8) is 0 Å². The van der Waals surface area contributed by atoms with E-state index in [-0.39, 0.29) is 0 Å². The van der Waals surface area contributed by atoms with Crippen LogP contribution >= 0.6 is 22.9 Å². The van der Waals surface area contributed by atoms with Gasteiger partial charge in [0.05, 0.1) is 20.2 Å². The summed E-state index contributed by atoms with van der Waals surface area (Å²) in [6, 6.07) is 1.91. The molecule has 2 heterocycles. The predicted molar refractivity (Wildman–Crippen MR) is 65.7 cm³/mol. The molecule has 3 rings (SSSR count). The van der Waals surface area contributed by atoms with Crippen LogP contribution in [0.5, 0.6) is 0 Å². The number of fused-ring (bicyclic) bond motifs is 2. The summed E-state index contributed by atoms with van der Waals surface area (Å²) in [4.78, 5) is 4.64. The Morgan fingerprint density at radius 2 is 2.13 bits per heavy atom. The van der Waals surface area contributed by atoms with E-state index in [1.807, 2.05) is 6.07 Å². The lowest BCUT2D eigenvalue weighted by atomic mass is 9.94. The lowest BCUT2D eigenvalue weighted by Gasteiger charge is -2.16. The summed E-state index contributed by atoms with van der Waals surface area (Å²) < 4.78 is 1.83. The molecule has 0 fully saturated rings. The summed E-state index contributed by atoms with van der Waals surface area (Å²) in [6.45, 7) is 0. The van der Waals surface area contributed by atoms with Crippen molar-refractivity contribution in [2.24, 2.45) is 0 Å². The first-order valence-corrected chi connectivity index (χ1v) is 6.31. The molecule has 78 valence electrons. The highest BCUT2D eigenvalue weighted by atomic mass is 35.5. The molecule has 2 aromatic heterocycles. The molecule has 0 unspecified atom stereocenters. The number of anilines is 1. The Morgan fingerprint density at radius 1 is 1.33 bits per heavy atom. The molecule has 0 spiro atoms. The summed E-state index contributed by atoms with van der Waals surface area (Å²) in [6.07, 6.45) is 4.58. The van der Waals surface area contributed by atoms with Crippen LogP contribution in [0.1, 0.15) is 24.1 Å².